The zero-order valence-corrected chi connectivity index (χ0v) is 11.8. The normalized spacial score (nSPS) is 38.3. The standard InChI is InChI=1S/C12H20N2O4S/c1-14(2)12-13-8-10(17)9(16)7(5-3-4-6-15)18-11(8)19-12/h4,6-11,15-17H,3,5H2,1-2H3/t7-,8-,9-,10-,11-/m1/s1. The minimum Gasteiger partial charge on any atom is -0.516 e. The second-order valence-corrected chi connectivity index (χ2v) is 5.97. The molecule has 0 radical (unpaired) electrons. The molecule has 0 unspecified atom stereocenters. The van der Waals surface area contributed by atoms with Crippen molar-refractivity contribution < 1.29 is 20.1 Å². The summed E-state index contributed by atoms with van der Waals surface area (Å²) in [5.74, 6) is 0. The van der Waals surface area contributed by atoms with Crippen molar-refractivity contribution in [1.82, 2.24) is 4.90 Å². The number of thioether (sulfide) groups is 1. The van der Waals surface area contributed by atoms with E-state index < -0.39 is 24.4 Å². The molecule has 0 amide bonds. The Morgan fingerprint density at radius 1 is 1.37 bits per heavy atom. The van der Waals surface area contributed by atoms with Crippen molar-refractivity contribution >= 4 is 16.9 Å². The van der Waals surface area contributed by atoms with Gasteiger partial charge >= 0.3 is 0 Å². The summed E-state index contributed by atoms with van der Waals surface area (Å²) in [6.45, 7) is 0. The number of amidine groups is 1. The van der Waals surface area contributed by atoms with Gasteiger partial charge in [-0.15, -0.1) is 0 Å². The van der Waals surface area contributed by atoms with E-state index in [-0.39, 0.29) is 5.44 Å². The average Bonchev–Trinajstić information content (AvgIpc) is 2.80. The third kappa shape index (κ3) is 3.05. The topological polar surface area (TPSA) is 85.5 Å². The molecule has 108 valence electrons. The fourth-order valence-electron chi connectivity index (χ4n) is 2.21. The van der Waals surface area contributed by atoms with Crippen molar-refractivity contribution in [3.05, 3.63) is 12.3 Å². The van der Waals surface area contributed by atoms with E-state index in [0.717, 1.165) is 11.4 Å². The maximum Gasteiger partial charge on any atom is 0.161 e. The van der Waals surface area contributed by atoms with Crippen LogP contribution in [0.5, 0.6) is 0 Å². The highest BCUT2D eigenvalue weighted by Gasteiger charge is 2.48. The minimum atomic E-state index is -0.945. The first-order valence-corrected chi connectivity index (χ1v) is 7.15. The molecule has 2 aliphatic heterocycles. The van der Waals surface area contributed by atoms with Crippen LogP contribution in [0.4, 0.5) is 0 Å². The Labute approximate surface area is 116 Å². The van der Waals surface area contributed by atoms with E-state index in [2.05, 4.69) is 4.99 Å². The molecule has 5 atom stereocenters. The van der Waals surface area contributed by atoms with Crippen LogP contribution in [0.25, 0.3) is 0 Å². The number of hydrogen-bond donors (Lipinski definition) is 3. The highest BCUT2D eigenvalue weighted by Crippen LogP contribution is 2.37. The maximum absolute atomic E-state index is 10.1. The largest absolute Gasteiger partial charge is 0.516 e. The summed E-state index contributed by atoms with van der Waals surface area (Å²) in [5.41, 5.74) is -0.251. The molecule has 3 N–H and O–H groups in total. The van der Waals surface area contributed by atoms with Gasteiger partial charge in [0, 0.05) is 14.1 Å². The monoisotopic (exact) mass is 288 g/mol. The SMILES string of the molecule is CN(C)C1=N[C@@H]2[C@@H](O)[C@H](O)[C@@H](CCC=CO)O[C@@H]2S1. The van der Waals surface area contributed by atoms with E-state index in [4.69, 9.17) is 9.84 Å². The Balaban J connectivity index is 2.01. The van der Waals surface area contributed by atoms with Crippen molar-refractivity contribution in [3.63, 3.8) is 0 Å². The van der Waals surface area contributed by atoms with Crippen LogP contribution in [0.2, 0.25) is 0 Å². The summed E-state index contributed by atoms with van der Waals surface area (Å²) in [6, 6.07) is -0.415. The van der Waals surface area contributed by atoms with Gasteiger partial charge in [0.1, 0.15) is 23.7 Å². The molecule has 1 fully saturated rings. The summed E-state index contributed by atoms with van der Waals surface area (Å²) >= 11 is 1.47. The van der Waals surface area contributed by atoms with Gasteiger partial charge in [-0.2, -0.15) is 0 Å². The van der Waals surface area contributed by atoms with E-state index in [9.17, 15) is 10.2 Å². The number of nitrogens with zero attached hydrogens (tertiary/aromatic N) is 2. The van der Waals surface area contributed by atoms with Crippen LogP contribution in [0.3, 0.4) is 0 Å². The number of aliphatic hydroxyl groups excluding tert-OH is 3. The Morgan fingerprint density at radius 2 is 2.11 bits per heavy atom. The first kappa shape index (κ1) is 14.6. The Kier molecular flexibility index (Phi) is 4.72. The van der Waals surface area contributed by atoms with Crippen LogP contribution in [0.15, 0.2) is 17.3 Å². The molecule has 0 aliphatic carbocycles. The lowest BCUT2D eigenvalue weighted by Crippen LogP contribution is -2.54. The molecule has 6 nitrogen and oxygen atoms in total. The smallest absolute Gasteiger partial charge is 0.161 e. The van der Waals surface area contributed by atoms with Gasteiger partial charge < -0.3 is 25.0 Å². The zero-order chi connectivity index (χ0) is 14.0. The molecule has 19 heavy (non-hydrogen) atoms. The second-order valence-electron chi connectivity index (χ2n) is 4.90. The van der Waals surface area contributed by atoms with Crippen LogP contribution < -0.4 is 0 Å². The molecule has 0 bridgehead atoms. The zero-order valence-electron chi connectivity index (χ0n) is 11.0. The Morgan fingerprint density at radius 3 is 2.74 bits per heavy atom. The van der Waals surface area contributed by atoms with E-state index in [1.165, 1.54) is 11.8 Å². The average molecular weight is 288 g/mol. The van der Waals surface area contributed by atoms with Crippen LogP contribution in [0, 0.1) is 0 Å². The molecule has 2 rings (SSSR count). The van der Waals surface area contributed by atoms with E-state index in [1.54, 1.807) is 6.08 Å². The predicted molar refractivity (Wildman–Crippen MR) is 74.2 cm³/mol. The molecule has 0 spiro atoms. The molecule has 1 saturated heterocycles. The van der Waals surface area contributed by atoms with E-state index in [0.29, 0.717) is 12.8 Å². The van der Waals surface area contributed by atoms with Gasteiger partial charge in [0.05, 0.1) is 12.4 Å². The molecule has 2 aliphatic rings. The lowest BCUT2D eigenvalue weighted by atomic mass is 9.95. The maximum atomic E-state index is 10.1. The Bertz CT molecular complexity index is 375. The number of hydrogen-bond acceptors (Lipinski definition) is 7. The van der Waals surface area contributed by atoms with Gasteiger partial charge in [-0.3, -0.25) is 4.99 Å². The highest BCUT2D eigenvalue weighted by molar-refractivity contribution is 8.14. The van der Waals surface area contributed by atoms with Gasteiger partial charge in [-0.25, -0.2) is 0 Å². The summed E-state index contributed by atoms with van der Waals surface area (Å²) in [7, 11) is 3.77. The van der Waals surface area contributed by atoms with Gasteiger partial charge in [-0.1, -0.05) is 17.8 Å². The molecule has 0 aromatic carbocycles. The molecular formula is C12H20N2O4S. The van der Waals surface area contributed by atoms with E-state index >= 15 is 0 Å². The number of allylic oxidation sites excluding steroid dienone is 1. The van der Waals surface area contributed by atoms with Crippen molar-refractivity contribution in [2.75, 3.05) is 14.1 Å². The van der Waals surface area contributed by atoms with Gasteiger partial charge in [0.25, 0.3) is 0 Å². The number of aliphatic hydroxyl groups is 3. The van der Waals surface area contributed by atoms with Gasteiger partial charge in [-0.05, 0) is 12.8 Å². The van der Waals surface area contributed by atoms with Crippen LogP contribution in [-0.4, -0.2) is 69.3 Å². The molecule has 0 aromatic rings. The van der Waals surface area contributed by atoms with Crippen LogP contribution >= 0.6 is 11.8 Å². The lowest BCUT2D eigenvalue weighted by Gasteiger charge is -2.38. The number of fused-ring (bicyclic) bond motifs is 1. The van der Waals surface area contributed by atoms with Crippen LogP contribution in [-0.2, 0) is 4.74 Å². The summed E-state index contributed by atoms with van der Waals surface area (Å²) in [6.07, 6.45) is 1.43. The van der Waals surface area contributed by atoms with Crippen molar-refractivity contribution in [3.8, 4) is 0 Å². The van der Waals surface area contributed by atoms with Crippen molar-refractivity contribution in [2.24, 2.45) is 4.99 Å². The first-order chi connectivity index (χ1) is 9.04. The third-order valence-corrected chi connectivity index (χ3v) is 4.56. The predicted octanol–water partition coefficient (Wildman–Crippen LogP) is 0.318. The van der Waals surface area contributed by atoms with Crippen LogP contribution in [0.1, 0.15) is 12.8 Å². The molecule has 2 heterocycles. The summed E-state index contributed by atoms with van der Waals surface area (Å²) in [5, 5.41) is 29.6. The fraction of sp³-hybridized carbons (Fsp3) is 0.750. The first-order valence-electron chi connectivity index (χ1n) is 6.27. The van der Waals surface area contributed by atoms with Crippen molar-refractivity contribution in [1.29, 1.82) is 0 Å². The number of aliphatic imine (C=N–C) groups is 1. The van der Waals surface area contributed by atoms with E-state index in [1.807, 2.05) is 19.0 Å². The summed E-state index contributed by atoms with van der Waals surface area (Å²) in [4.78, 5) is 6.26. The molecule has 0 saturated carbocycles. The Hall–Kier alpha value is -0.760. The molecule has 0 aromatic heterocycles. The van der Waals surface area contributed by atoms with Crippen molar-refractivity contribution in [2.45, 2.75) is 42.6 Å². The van der Waals surface area contributed by atoms with Gasteiger partial charge in [0.2, 0.25) is 0 Å². The number of rotatable bonds is 3. The van der Waals surface area contributed by atoms with Gasteiger partial charge in [0.15, 0.2) is 5.17 Å². The second kappa shape index (κ2) is 6.13. The molecular weight excluding hydrogens is 268 g/mol. The summed E-state index contributed by atoms with van der Waals surface area (Å²) < 4.78 is 5.82. The fourth-order valence-corrected chi connectivity index (χ4v) is 3.37. The highest BCUT2D eigenvalue weighted by atomic mass is 32.2. The quantitative estimate of drug-likeness (QED) is 0.648. The number of ether oxygens (including phenoxy) is 1. The minimum absolute atomic E-state index is 0.251. The third-order valence-electron chi connectivity index (χ3n) is 3.26. The lowest BCUT2D eigenvalue weighted by molar-refractivity contribution is -0.154. The molecule has 7 heteroatoms.